The molecule has 88 valence electrons. The first-order chi connectivity index (χ1) is 8.20. The number of ketones is 1. The van der Waals surface area contributed by atoms with Gasteiger partial charge in [0.15, 0.2) is 5.78 Å². The van der Waals surface area contributed by atoms with Gasteiger partial charge in [-0.3, -0.25) is 4.79 Å². The Morgan fingerprint density at radius 3 is 2.71 bits per heavy atom. The first kappa shape index (κ1) is 12.9. The average molecular weight is 327 g/mol. The first-order valence-electron chi connectivity index (χ1n) is 5.11. The van der Waals surface area contributed by atoms with Crippen LogP contribution in [-0.4, -0.2) is 12.0 Å². The molecule has 0 saturated carbocycles. The summed E-state index contributed by atoms with van der Waals surface area (Å²) in [4.78, 5) is 14.3. The molecule has 1 nitrogen and oxygen atoms in total. The number of rotatable bonds is 4. The van der Waals surface area contributed by atoms with Crippen molar-refractivity contribution in [3.8, 4) is 0 Å². The Bertz CT molecular complexity index is 534. The van der Waals surface area contributed by atoms with Crippen molar-refractivity contribution in [3.05, 3.63) is 50.6 Å². The summed E-state index contributed by atoms with van der Waals surface area (Å²) in [6.07, 6.45) is 2.47. The van der Waals surface area contributed by atoms with E-state index in [0.717, 1.165) is 19.1 Å². The van der Waals surface area contributed by atoms with Crippen LogP contribution < -0.4 is 0 Å². The number of carbonyl (C=O) groups excluding carboxylic acids is 1. The van der Waals surface area contributed by atoms with E-state index in [2.05, 4.69) is 15.9 Å². The van der Waals surface area contributed by atoms with E-state index in [1.54, 1.807) is 23.1 Å². The summed E-state index contributed by atoms with van der Waals surface area (Å²) in [6, 6.07) is 11.7. The predicted molar refractivity (Wildman–Crippen MR) is 78.3 cm³/mol. The number of thiophene rings is 1. The minimum absolute atomic E-state index is 0.185. The summed E-state index contributed by atoms with van der Waals surface area (Å²) in [7, 11) is 0. The second-order valence-electron chi connectivity index (χ2n) is 3.51. The third-order valence-corrected chi connectivity index (χ3v) is 4.79. The maximum absolute atomic E-state index is 12.2. The molecular weight excluding hydrogens is 316 g/mol. The molecule has 0 N–H and O–H groups in total. The van der Waals surface area contributed by atoms with Gasteiger partial charge in [0, 0.05) is 21.8 Å². The van der Waals surface area contributed by atoms with Gasteiger partial charge in [-0.25, -0.2) is 0 Å². The lowest BCUT2D eigenvalue weighted by Crippen LogP contribution is -2.03. The maximum Gasteiger partial charge on any atom is 0.169 e. The lowest BCUT2D eigenvalue weighted by Gasteiger charge is -2.04. The number of carbonyl (C=O) groups is 1. The molecule has 1 aromatic heterocycles. The molecule has 0 aliphatic heterocycles. The molecule has 0 amide bonds. The monoisotopic (exact) mass is 326 g/mol. The predicted octanol–water partition coefficient (Wildman–Crippen LogP) is 4.66. The van der Waals surface area contributed by atoms with E-state index < -0.39 is 0 Å². The van der Waals surface area contributed by atoms with Crippen molar-refractivity contribution < 1.29 is 4.79 Å². The van der Waals surface area contributed by atoms with Crippen LogP contribution in [0.25, 0.3) is 0 Å². The summed E-state index contributed by atoms with van der Waals surface area (Å²) < 4.78 is 1.07. The van der Waals surface area contributed by atoms with E-state index in [1.807, 2.05) is 42.7 Å². The molecule has 0 fully saturated rings. The summed E-state index contributed by atoms with van der Waals surface area (Å²) in [6.45, 7) is 0. The van der Waals surface area contributed by atoms with Crippen molar-refractivity contribution >= 4 is 44.8 Å². The van der Waals surface area contributed by atoms with Gasteiger partial charge >= 0.3 is 0 Å². The van der Waals surface area contributed by atoms with Crippen molar-refractivity contribution in [2.45, 2.75) is 11.3 Å². The lowest BCUT2D eigenvalue weighted by molar-refractivity contribution is 0.0991. The van der Waals surface area contributed by atoms with Crippen LogP contribution in [0.5, 0.6) is 0 Å². The molecule has 2 rings (SSSR count). The summed E-state index contributed by atoms with van der Waals surface area (Å²) in [5, 5.41) is 0. The average Bonchev–Trinajstić information content (AvgIpc) is 2.74. The van der Waals surface area contributed by atoms with Crippen molar-refractivity contribution in [2.75, 3.05) is 6.26 Å². The molecule has 0 saturated heterocycles. The Morgan fingerprint density at radius 2 is 2.06 bits per heavy atom. The van der Waals surface area contributed by atoms with Crippen LogP contribution in [-0.2, 0) is 6.42 Å². The van der Waals surface area contributed by atoms with Crippen molar-refractivity contribution in [3.63, 3.8) is 0 Å². The standard InChI is InChI=1S/C13H11BrOS2/c1-16-12-5-3-2-4-10(12)11(15)8-9-6-7-13(14)17-9/h2-7H,8H2,1H3. The van der Waals surface area contributed by atoms with Gasteiger partial charge in [-0.1, -0.05) is 18.2 Å². The minimum atomic E-state index is 0.185. The Kier molecular flexibility index (Phi) is 4.42. The third kappa shape index (κ3) is 3.21. The van der Waals surface area contributed by atoms with Gasteiger partial charge < -0.3 is 0 Å². The number of benzene rings is 1. The molecule has 0 spiro atoms. The SMILES string of the molecule is CSc1ccccc1C(=O)Cc1ccc(Br)s1. The molecule has 0 bridgehead atoms. The Labute approximate surface area is 117 Å². The number of halogens is 1. The molecule has 1 heterocycles. The van der Waals surface area contributed by atoms with Crippen LogP contribution in [0, 0.1) is 0 Å². The van der Waals surface area contributed by atoms with E-state index in [0.29, 0.717) is 6.42 Å². The van der Waals surface area contributed by atoms with Crippen LogP contribution >= 0.6 is 39.0 Å². The first-order valence-corrected chi connectivity index (χ1v) is 7.94. The second kappa shape index (κ2) is 5.85. The number of hydrogen-bond acceptors (Lipinski definition) is 3. The molecule has 1 aromatic carbocycles. The van der Waals surface area contributed by atoms with Gasteiger partial charge in [-0.05, 0) is 40.4 Å². The topological polar surface area (TPSA) is 17.1 Å². The number of thioether (sulfide) groups is 1. The zero-order valence-electron chi connectivity index (χ0n) is 9.27. The van der Waals surface area contributed by atoms with E-state index >= 15 is 0 Å². The molecule has 17 heavy (non-hydrogen) atoms. The molecule has 0 atom stereocenters. The van der Waals surface area contributed by atoms with Gasteiger partial charge in [-0.2, -0.15) is 0 Å². The van der Waals surface area contributed by atoms with Crippen molar-refractivity contribution in [2.24, 2.45) is 0 Å². The third-order valence-electron chi connectivity index (χ3n) is 2.37. The zero-order chi connectivity index (χ0) is 12.3. The molecule has 4 heteroatoms. The molecule has 0 aliphatic rings. The quantitative estimate of drug-likeness (QED) is 0.600. The minimum Gasteiger partial charge on any atom is -0.294 e. The fourth-order valence-corrected chi connectivity index (χ4v) is 3.67. The largest absolute Gasteiger partial charge is 0.294 e. The maximum atomic E-state index is 12.2. The Hall–Kier alpha value is -0.580. The molecule has 0 unspecified atom stereocenters. The van der Waals surface area contributed by atoms with E-state index in [4.69, 9.17) is 0 Å². The highest BCUT2D eigenvalue weighted by molar-refractivity contribution is 9.11. The van der Waals surface area contributed by atoms with Gasteiger partial charge in [0.25, 0.3) is 0 Å². The van der Waals surface area contributed by atoms with Crippen LogP contribution in [0.3, 0.4) is 0 Å². The number of hydrogen-bond donors (Lipinski definition) is 0. The van der Waals surface area contributed by atoms with Crippen molar-refractivity contribution in [1.29, 1.82) is 0 Å². The molecular formula is C13H11BrOS2. The van der Waals surface area contributed by atoms with E-state index in [9.17, 15) is 4.79 Å². The fourth-order valence-electron chi connectivity index (χ4n) is 1.58. The molecule has 0 radical (unpaired) electrons. The summed E-state index contributed by atoms with van der Waals surface area (Å²) in [5.41, 5.74) is 0.824. The van der Waals surface area contributed by atoms with Crippen molar-refractivity contribution in [1.82, 2.24) is 0 Å². The zero-order valence-corrected chi connectivity index (χ0v) is 12.5. The molecule has 0 aliphatic carbocycles. The highest BCUT2D eigenvalue weighted by Gasteiger charge is 2.12. The normalized spacial score (nSPS) is 10.5. The van der Waals surface area contributed by atoms with Crippen LogP contribution in [0.1, 0.15) is 15.2 Å². The summed E-state index contributed by atoms with van der Waals surface area (Å²) in [5.74, 6) is 0.185. The smallest absolute Gasteiger partial charge is 0.169 e. The van der Waals surface area contributed by atoms with Crippen LogP contribution in [0.4, 0.5) is 0 Å². The van der Waals surface area contributed by atoms with Gasteiger partial charge in [-0.15, -0.1) is 23.1 Å². The Morgan fingerprint density at radius 1 is 1.29 bits per heavy atom. The Balaban J connectivity index is 2.20. The fraction of sp³-hybridized carbons (Fsp3) is 0.154. The second-order valence-corrected chi connectivity index (χ2v) is 6.90. The van der Waals surface area contributed by atoms with E-state index in [1.165, 1.54) is 0 Å². The van der Waals surface area contributed by atoms with Gasteiger partial charge in [0.05, 0.1) is 3.79 Å². The lowest BCUT2D eigenvalue weighted by atomic mass is 10.1. The highest BCUT2D eigenvalue weighted by atomic mass is 79.9. The van der Waals surface area contributed by atoms with Crippen LogP contribution in [0.15, 0.2) is 45.1 Å². The number of Topliss-reactive ketones (excluding diaryl/α,β-unsaturated/α-hetero) is 1. The van der Waals surface area contributed by atoms with E-state index in [-0.39, 0.29) is 5.78 Å². The van der Waals surface area contributed by atoms with Crippen LogP contribution in [0.2, 0.25) is 0 Å². The summed E-state index contributed by atoms with van der Waals surface area (Å²) >= 11 is 6.64. The molecule has 2 aromatic rings. The highest BCUT2D eigenvalue weighted by Crippen LogP contribution is 2.25. The van der Waals surface area contributed by atoms with Gasteiger partial charge in [0.2, 0.25) is 0 Å². The van der Waals surface area contributed by atoms with Gasteiger partial charge in [0.1, 0.15) is 0 Å².